The van der Waals surface area contributed by atoms with Crippen LogP contribution in [0.3, 0.4) is 0 Å². The van der Waals surface area contributed by atoms with Gasteiger partial charge in [-0.2, -0.15) is 0 Å². The molecular formula is C8H12O3. The minimum absolute atomic E-state index is 0.0754. The number of carbonyl (C=O) groups is 2. The van der Waals surface area contributed by atoms with Gasteiger partial charge >= 0.3 is 5.97 Å². The van der Waals surface area contributed by atoms with Crippen LogP contribution in [0.2, 0.25) is 0 Å². The lowest BCUT2D eigenvalue weighted by molar-refractivity contribution is -0.154. The van der Waals surface area contributed by atoms with Crippen molar-refractivity contribution in [1.29, 1.82) is 0 Å². The minimum atomic E-state index is -0.443. The second kappa shape index (κ2) is 3.51. The molecule has 0 heterocycles. The molecule has 1 unspecified atom stereocenters. The highest BCUT2D eigenvalue weighted by Crippen LogP contribution is 2.17. The molecule has 1 saturated carbocycles. The first kappa shape index (κ1) is 8.24. The van der Waals surface area contributed by atoms with Crippen LogP contribution in [0.1, 0.15) is 32.6 Å². The Bertz CT molecular complexity index is 174. The van der Waals surface area contributed by atoms with Gasteiger partial charge in [-0.25, -0.2) is 0 Å². The van der Waals surface area contributed by atoms with E-state index in [1.165, 1.54) is 6.92 Å². The molecule has 0 N–H and O–H groups in total. The van der Waals surface area contributed by atoms with Gasteiger partial charge in [0.15, 0.2) is 11.9 Å². The topological polar surface area (TPSA) is 43.4 Å². The monoisotopic (exact) mass is 156 g/mol. The first-order valence-electron chi connectivity index (χ1n) is 3.90. The number of ether oxygens (including phenoxy) is 1. The number of carbonyl (C=O) groups excluding carboxylic acids is 2. The molecule has 1 rings (SSSR count). The molecule has 0 aromatic heterocycles. The fourth-order valence-electron chi connectivity index (χ4n) is 1.28. The van der Waals surface area contributed by atoms with Crippen molar-refractivity contribution in [3.05, 3.63) is 0 Å². The Balaban J connectivity index is 2.42. The molecule has 0 spiro atoms. The highest BCUT2D eigenvalue weighted by atomic mass is 16.5. The SMILES string of the molecule is CC(=O)OC1CCCCC1=O. The fourth-order valence-corrected chi connectivity index (χ4v) is 1.28. The fraction of sp³-hybridized carbons (Fsp3) is 0.750. The standard InChI is InChI=1S/C8H12O3/c1-6(9)11-8-5-3-2-4-7(8)10/h8H,2-5H2,1H3. The summed E-state index contributed by atoms with van der Waals surface area (Å²) in [6, 6.07) is 0. The van der Waals surface area contributed by atoms with E-state index in [0.29, 0.717) is 12.8 Å². The van der Waals surface area contributed by atoms with Crippen molar-refractivity contribution in [2.75, 3.05) is 0 Å². The van der Waals surface area contributed by atoms with E-state index in [-0.39, 0.29) is 11.8 Å². The molecule has 0 bridgehead atoms. The van der Waals surface area contributed by atoms with Crippen LogP contribution in [-0.2, 0) is 14.3 Å². The van der Waals surface area contributed by atoms with Crippen LogP contribution in [0, 0.1) is 0 Å². The number of hydrogen-bond donors (Lipinski definition) is 0. The quantitative estimate of drug-likeness (QED) is 0.533. The first-order chi connectivity index (χ1) is 5.20. The molecule has 1 aliphatic rings. The van der Waals surface area contributed by atoms with Crippen LogP contribution in [0.4, 0.5) is 0 Å². The first-order valence-corrected chi connectivity index (χ1v) is 3.90. The third-order valence-electron chi connectivity index (χ3n) is 1.81. The predicted molar refractivity (Wildman–Crippen MR) is 39.0 cm³/mol. The zero-order chi connectivity index (χ0) is 8.27. The number of Topliss-reactive ketones (excluding diaryl/α,β-unsaturated/α-hetero) is 1. The molecule has 3 nitrogen and oxygen atoms in total. The third-order valence-corrected chi connectivity index (χ3v) is 1.81. The van der Waals surface area contributed by atoms with Gasteiger partial charge in [-0.3, -0.25) is 9.59 Å². The lowest BCUT2D eigenvalue weighted by Gasteiger charge is -2.19. The van der Waals surface area contributed by atoms with Crippen molar-refractivity contribution >= 4 is 11.8 Å². The zero-order valence-electron chi connectivity index (χ0n) is 6.63. The second-order valence-electron chi connectivity index (χ2n) is 2.81. The minimum Gasteiger partial charge on any atom is -0.455 e. The van der Waals surface area contributed by atoms with Crippen molar-refractivity contribution < 1.29 is 14.3 Å². The lowest BCUT2D eigenvalue weighted by Crippen LogP contribution is -2.29. The van der Waals surface area contributed by atoms with E-state index < -0.39 is 6.10 Å². The van der Waals surface area contributed by atoms with Crippen molar-refractivity contribution in [3.63, 3.8) is 0 Å². The van der Waals surface area contributed by atoms with Gasteiger partial charge in [0.1, 0.15) is 0 Å². The molecule has 62 valence electrons. The van der Waals surface area contributed by atoms with Crippen LogP contribution < -0.4 is 0 Å². The molecule has 0 saturated heterocycles. The Morgan fingerprint density at radius 2 is 2.27 bits per heavy atom. The van der Waals surface area contributed by atoms with E-state index in [1.54, 1.807) is 0 Å². The Labute approximate surface area is 65.7 Å². The molecule has 1 atom stereocenters. The highest BCUT2D eigenvalue weighted by molar-refractivity contribution is 5.85. The normalized spacial score (nSPS) is 24.8. The van der Waals surface area contributed by atoms with Gasteiger partial charge in [-0.1, -0.05) is 0 Å². The molecule has 0 radical (unpaired) electrons. The van der Waals surface area contributed by atoms with Gasteiger partial charge in [0, 0.05) is 13.3 Å². The van der Waals surface area contributed by atoms with Gasteiger partial charge in [-0.15, -0.1) is 0 Å². The largest absolute Gasteiger partial charge is 0.455 e. The van der Waals surface area contributed by atoms with E-state index in [4.69, 9.17) is 4.74 Å². The molecule has 1 fully saturated rings. The average Bonchev–Trinajstić information content (AvgIpc) is 1.93. The van der Waals surface area contributed by atoms with Crippen LogP contribution in [0.25, 0.3) is 0 Å². The summed E-state index contributed by atoms with van der Waals surface area (Å²) in [4.78, 5) is 21.5. The van der Waals surface area contributed by atoms with Crippen molar-refractivity contribution in [1.82, 2.24) is 0 Å². The maximum atomic E-state index is 11.1. The third kappa shape index (κ3) is 2.33. The summed E-state index contributed by atoms with van der Waals surface area (Å²) in [6.07, 6.45) is 2.76. The van der Waals surface area contributed by atoms with Gasteiger partial charge in [-0.05, 0) is 19.3 Å². The zero-order valence-corrected chi connectivity index (χ0v) is 6.63. The Morgan fingerprint density at radius 1 is 1.55 bits per heavy atom. The molecule has 0 aromatic carbocycles. The second-order valence-corrected chi connectivity index (χ2v) is 2.81. The molecule has 0 aliphatic heterocycles. The average molecular weight is 156 g/mol. The van der Waals surface area contributed by atoms with E-state index in [2.05, 4.69) is 0 Å². The number of ketones is 1. The molecule has 11 heavy (non-hydrogen) atoms. The summed E-state index contributed by atoms with van der Waals surface area (Å²) >= 11 is 0. The molecule has 1 aliphatic carbocycles. The van der Waals surface area contributed by atoms with Crippen LogP contribution in [0.5, 0.6) is 0 Å². The maximum absolute atomic E-state index is 11.1. The Kier molecular flexibility index (Phi) is 2.63. The summed E-state index contributed by atoms with van der Waals surface area (Å²) in [7, 11) is 0. The molecule has 0 aromatic rings. The Hall–Kier alpha value is -0.860. The van der Waals surface area contributed by atoms with E-state index in [0.717, 1.165) is 12.8 Å². The van der Waals surface area contributed by atoms with Crippen molar-refractivity contribution in [3.8, 4) is 0 Å². The van der Waals surface area contributed by atoms with E-state index in [9.17, 15) is 9.59 Å². The smallest absolute Gasteiger partial charge is 0.303 e. The summed E-state index contributed by atoms with van der Waals surface area (Å²) in [5, 5.41) is 0. The van der Waals surface area contributed by atoms with Crippen molar-refractivity contribution in [2.24, 2.45) is 0 Å². The van der Waals surface area contributed by atoms with Crippen molar-refractivity contribution in [2.45, 2.75) is 38.7 Å². The lowest BCUT2D eigenvalue weighted by atomic mass is 9.96. The van der Waals surface area contributed by atoms with Gasteiger partial charge in [0.2, 0.25) is 0 Å². The van der Waals surface area contributed by atoms with E-state index in [1.807, 2.05) is 0 Å². The van der Waals surface area contributed by atoms with E-state index >= 15 is 0 Å². The summed E-state index contributed by atoms with van der Waals surface area (Å²) < 4.78 is 4.81. The summed E-state index contributed by atoms with van der Waals surface area (Å²) in [6.45, 7) is 1.34. The van der Waals surface area contributed by atoms with Gasteiger partial charge in [0.05, 0.1) is 0 Å². The van der Waals surface area contributed by atoms with Crippen LogP contribution in [-0.4, -0.2) is 17.9 Å². The van der Waals surface area contributed by atoms with Gasteiger partial charge in [0.25, 0.3) is 0 Å². The van der Waals surface area contributed by atoms with Crippen LogP contribution >= 0.6 is 0 Å². The summed E-state index contributed by atoms with van der Waals surface area (Å²) in [5.41, 5.74) is 0. The number of hydrogen-bond acceptors (Lipinski definition) is 3. The predicted octanol–water partition coefficient (Wildman–Crippen LogP) is 1.06. The van der Waals surface area contributed by atoms with Gasteiger partial charge < -0.3 is 4.74 Å². The molecule has 3 heteroatoms. The maximum Gasteiger partial charge on any atom is 0.303 e. The van der Waals surface area contributed by atoms with Crippen LogP contribution in [0.15, 0.2) is 0 Å². The molecular weight excluding hydrogens is 144 g/mol. The highest BCUT2D eigenvalue weighted by Gasteiger charge is 2.24. The summed E-state index contributed by atoms with van der Waals surface area (Å²) in [5.74, 6) is -0.281. The number of rotatable bonds is 1. The number of esters is 1. The Morgan fingerprint density at radius 3 is 2.82 bits per heavy atom. The molecule has 0 amide bonds.